The summed E-state index contributed by atoms with van der Waals surface area (Å²) in [7, 11) is 0. The summed E-state index contributed by atoms with van der Waals surface area (Å²) in [6.45, 7) is 5.93. The molecule has 0 aromatic carbocycles. The second kappa shape index (κ2) is 4.63. The molecule has 0 fully saturated rings. The van der Waals surface area contributed by atoms with Crippen LogP contribution in [-0.2, 0) is 0 Å². The number of fused-ring (bicyclic) bond motifs is 1. The Morgan fingerprint density at radius 2 is 2.15 bits per heavy atom. The number of aromatic amines is 1. The summed E-state index contributed by atoms with van der Waals surface area (Å²) in [5.41, 5.74) is 0.805. The maximum absolute atomic E-state index is 12.2. The van der Waals surface area contributed by atoms with Gasteiger partial charge in [0.2, 0.25) is 4.96 Å². The number of nitrogens with zero attached hydrogens (tertiary/aromatic N) is 6. The first kappa shape index (κ1) is 12.7. The number of nitrogens with one attached hydrogen (secondary N) is 2. The van der Waals surface area contributed by atoms with Crippen LogP contribution in [0.25, 0.3) is 4.96 Å². The van der Waals surface area contributed by atoms with Crippen LogP contribution in [0.15, 0.2) is 0 Å². The molecule has 3 aromatic rings. The van der Waals surface area contributed by atoms with Crippen molar-refractivity contribution in [2.45, 2.75) is 26.7 Å². The number of carbonyl (C=O) groups is 1. The van der Waals surface area contributed by atoms with E-state index in [4.69, 9.17) is 0 Å². The van der Waals surface area contributed by atoms with E-state index in [1.165, 1.54) is 11.3 Å². The average Bonchev–Trinajstić information content (AvgIpc) is 3.07. The van der Waals surface area contributed by atoms with Crippen LogP contribution in [0, 0.1) is 6.92 Å². The molecular formula is C10H12N8OS. The third kappa shape index (κ3) is 1.93. The van der Waals surface area contributed by atoms with E-state index in [9.17, 15) is 4.79 Å². The number of aryl methyl sites for hydroxylation is 1. The average molecular weight is 292 g/mol. The Morgan fingerprint density at radius 3 is 2.80 bits per heavy atom. The molecule has 2 N–H and O–H groups in total. The fourth-order valence-electron chi connectivity index (χ4n) is 1.89. The molecule has 0 aliphatic rings. The van der Waals surface area contributed by atoms with E-state index < -0.39 is 0 Å². The number of carbonyl (C=O) groups excluding carboxylic acids is 1. The van der Waals surface area contributed by atoms with Crippen molar-refractivity contribution in [3.05, 3.63) is 16.4 Å². The molecular weight excluding hydrogens is 280 g/mol. The van der Waals surface area contributed by atoms with Gasteiger partial charge in [0, 0.05) is 11.6 Å². The third-order valence-corrected chi connectivity index (χ3v) is 3.94. The lowest BCUT2D eigenvalue weighted by Gasteiger charge is -2.03. The molecule has 3 heterocycles. The monoisotopic (exact) mass is 292 g/mol. The number of anilines is 1. The predicted octanol–water partition coefficient (Wildman–Crippen LogP) is 0.988. The first-order valence-electron chi connectivity index (χ1n) is 5.97. The minimum atomic E-state index is -0.283. The van der Waals surface area contributed by atoms with Gasteiger partial charge < -0.3 is 0 Å². The third-order valence-electron chi connectivity index (χ3n) is 2.81. The number of thiazole rings is 1. The molecule has 0 spiro atoms. The zero-order valence-corrected chi connectivity index (χ0v) is 11.9. The second-order valence-corrected chi connectivity index (χ2v) is 5.51. The fraction of sp³-hybridized carbons (Fsp3) is 0.400. The molecule has 0 unspecified atom stereocenters. The zero-order chi connectivity index (χ0) is 14.3. The van der Waals surface area contributed by atoms with Crippen LogP contribution in [0.1, 0.15) is 41.0 Å². The lowest BCUT2D eigenvalue weighted by Crippen LogP contribution is -2.13. The van der Waals surface area contributed by atoms with E-state index in [0.29, 0.717) is 9.84 Å². The minimum absolute atomic E-state index is 0.141. The highest BCUT2D eigenvalue weighted by Crippen LogP contribution is 2.26. The second-order valence-electron chi connectivity index (χ2n) is 4.54. The van der Waals surface area contributed by atoms with Gasteiger partial charge in [-0.1, -0.05) is 30.3 Å². The van der Waals surface area contributed by atoms with Crippen LogP contribution in [0.5, 0.6) is 0 Å². The Bertz CT molecular complexity index is 756. The van der Waals surface area contributed by atoms with E-state index >= 15 is 0 Å². The van der Waals surface area contributed by atoms with Crippen LogP contribution in [0.4, 0.5) is 5.95 Å². The molecule has 3 aromatic heterocycles. The van der Waals surface area contributed by atoms with Gasteiger partial charge in [-0.15, -0.1) is 15.3 Å². The van der Waals surface area contributed by atoms with Gasteiger partial charge in [-0.3, -0.25) is 14.5 Å². The number of rotatable bonds is 3. The zero-order valence-electron chi connectivity index (χ0n) is 11.1. The SMILES string of the molecule is Cc1c(C(=O)Nc2nn[nH]n2)sc2nnc(C(C)C)n12. The number of amides is 1. The van der Waals surface area contributed by atoms with Gasteiger partial charge in [-0.2, -0.15) is 5.21 Å². The quantitative estimate of drug-likeness (QED) is 0.744. The lowest BCUT2D eigenvalue weighted by atomic mass is 10.2. The summed E-state index contributed by atoms with van der Waals surface area (Å²) in [5, 5.41) is 23.9. The Balaban J connectivity index is 2.00. The lowest BCUT2D eigenvalue weighted by molar-refractivity contribution is 0.102. The Kier molecular flexibility index (Phi) is 2.93. The predicted molar refractivity (Wildman–Crippen MR) is 71.8 cm³/mol. The van der Waals surface area contributed by atoms with Crippen molar-refractivity contribution in [1.82, 2.24) is 35.2 Å². The van der Waals surface area contributed by atoms with Gasteiger partial charge in [0.15, 0.2) is 0 Å². The van der Waals surface area contributed by atoms with E-state index in [-0.39, 0.29) is 17.8 Å². The molecule has 3 rings (SSSR count). The van der Waals surface area contributed by atoms with Crippen molar-refractivity contribution in [3.8, 4) is 0 Å². The molecule has 0 radical (unpaired) electrons. The minimum Gasteiger partial charge on any atom is -0.287 e. The summed E-state index contributed by atoms with van der Waals surface area (Å²) >= 11 is 1.28. The highest BCUT2D eigenvalue weighted by atomic mass is 32.1. The number of hydrogen-bond acceptors (Lipinski definition) is 7. The van der Waals surface area contributed by atoms with Gasteiger partial charge in [-0.25, -0.2) is 0 Å². The molecule has 0 aliphatic carbocycles. The van der Waals surface area contributed by atoms with Gasteiger partial charge in [-0.05, 0) is 12.1 Å². The van der Waals surface area contributed by atoms with Crippen molar-refractivity contribution in [1.29, 1.82) is 0 Å². The summed E-state index contributed by atoms with van der Waals surface area (Å²) < 4.78 is 1.90. The maximum Gasteiger partial charge on any atom is 0.270 e. The van der Waals surface area contributed by atoms with Crippen LogP contribution >= 0.6 is 11.3 Å². The van der Waals surface area contributed by atoms with Crippen molar-refractivity contribution < 1.29 is 4.79 Å². The summed E-state index contributed by atoms with van der Waals surface area (Å²) in [6.07, 6.45) is 0. The summed E-state index contributed by atoms with van der Waals surface area (Å²) in [6, 6.07) is 0. The van der Waals surface area contributed by atoms with E-state index in [1.54, 1.807) is 0 Å². The van der Waals surface area contributed by atoms with E-state index in [2.05, 4.69) is 36.1 Å². The number of H-pyrrole nitrogens is 1. The van der Waals surface area contributed by atoms with Crippen molar-refractivity contribution in [2.24, 2.45) is 0 Å². The van der Waals surface area contributed by atoms with Gasteiger partial charge in [0.25, 0.3) is 11.9 Å². The van der Waals surface area contributed by atoms with E-state index in [1.807, 2.05) is 25.2 Å². The Morgan fingerprint density at radius 1 is 1.35 bits per heavy atom. The van der Waals surface area contributed by atoms with Crippen molar-refractivity contribution in [3.63, 3.8) is 0 Å². The standard InChI is InChI=1S/C10H12N8OS/c1-4(2)7-12-15-10-18(7)5(3)6(20-10)8(19)11-9-13-16-17-14-9/h4H,1-3H3,(H2,11,13,14,16,17,19). The van der Waals surface area contributed by atoms with Gasteiger partial charge in [0.1, 0.15) is 10.7 Å². The van der Waals surface area contributed by atoms with Crippen molar-refractivity contribution >= 4 is 28.2 Å². The molecule has 10 heteroatoms. The Hall–Kier alpha value is -2.36. The fourth-order valence-corrected chi connectivity index (χ4v) is 2.86. The molecule has 0 aliphatic heterocycles. The normalized spacial score (nSPS) is 11.4. The molecule has 9 nitrogen and oxygen atoms in total. The van der Waals surface area contributed by atoms with E-state index in [0.717, 1.165) is 11.5 Å². The molecule has 104 valence electrons. The highest BCUT2D eigenvalue weighted by molar-refractivity contribution is 7.19. The molecule has 0 atom stereocenters. The largest absolute Gasteiger partial charge is 0.287 e. The number of aromatic nitrogens is 7. The maximum atomic E-state index is 12.2. The molecule has 20 heavy (non-hydrogen) atoms. The topological polar surface area (TPSA) is 114 Å². The highest BCUT2D eigenvalue weighted by Gasteiger charge is 2.21. The molecule has 0 saturated heterocycles. The van der Waals surface area contributed by atoms with Crippen molar-refractivity contribution in [2.75, 3.05) is 5.32 Å². The molecule has 0 saturated carbocycles. The summed E-state index contributed by atoms with van der Waals surface area (Å²) in [5.74, 6) is 0.926. The first-order chi connectivity index (χ1) is 9.58. The van der Waals surface area contributed by atoms with Crippen LogP contribution in [0.3, 0.4) is 0 Å². The smallest absolute Gasteiger partial charge is 0.270 e. The number of hydrogen-bond donors (Lipinski definition) is 2. The molecule has 0 bridgehead atoms. The van der Waals surface area contributed by atoms with Crippen LogP contribution < -0.4 is 5.32 Å². The van der Waals surface area contributed by atoms with Crippen LogP contribution in [-0.4, -0.2) is 41.1 Å². The van der Waals surface area contributed by atoms with Crippen LogP contribution in [0.2, 0.25) is 0 Å². The number of tetrazole rings is 1. The van der Waals surface area contributed by atoms with Gasteiger partial charge in [0.05, 0.1) is 0 Å². The summed E-state index contributed by atoms with van der Waals surface area (Å²) in [4.78, 5) is 13.5. The van der Waals surface area contributed by atoms with Gasteiger partial charge >= 0.3 is 0 Å². The first-order valence-corrected chi connectivity index (χ1v) is 6.78. The Labute approximate surface area is 117 Å². The molecule has 1 amide bonds.